The number of nitrogens with two attached hydrogens (primary N) is 2. The van der Waals surface area contributed by atoms with Gasteiger partial charge in [-0.3, -0.25) is 16.0 Å². The molecule has 6 N–H and O–H groups in total. The summed E-state index contributed by atoms with van der Waals surface area (Å²) in [6.07, 6.45) is 12.9. The molecule has 2 heterocycles. The monoisotopic (exact) mass is 352 g/mol. The van der Waals surface area contributed by atoms with Gasteiger partial charge in [-0.05, 0) is 50.4 Å². The fourth-order valence-corrected chi connectivity index (χ4v) is 6.24. The van der Waals surface area contributed by atoms with Crippen LogP contribution in [0, 0.1) is 17.8 Å². The van der Waals surface area contributed by atoms with Gasteiger partial charge in [0.15, 0.2) is 12.8 Å². The van der Waals surface area contributed by atoms with E-state index >= 15 is 0 Å². The molecule has 2 saturated carbocycles. The average molecular weight is 353 g/mol. The lowest BCUT2D eigenvalue weighted by molar-refractivity contribution is -0.951. The Bertz CT molecular complexity index is 436. The second-order valence-electron chi connectivity index (χ2n) is 8.93. The third-order valence-electron chi connectivity index (χ3n) is 7.70. The van der Waals surface area contributed by atoms with Crippen LogP contribution in [-0.4, -0.2) is 49.7 Å². The summed E-state index contributed by atoms with van der Waals surface area (Å²) in [4.78, 5) is 2.79. The molecule has 0 aromatic rings. The molecule has 2 aliphatic heterocycles. The van der Waals surface area contributed by atoms with Crippen molar-refractivity contribution in [2.45, 2.75) is 82.3 Å². The zero-order valence-electron chi connectivity index (χ0n) is 15.8. The number of methoxy groups -OCH3 is 1. The molecule has 2 aliphatic carbocycles. The van der Waals surface area contributed by atoms with E-state index in [0.29, 0.717) is 24.1 Å². The Kier molecular flexibility index (Phi) is 5.65. The number of quaternary nitrogens is 1. The Hall–Kier alpha value is -0.240. The third-order valence-corrected chi connectivity index (χ3v) is 7.70. The summed E-state index contributed by atoms with van der Waals surface area (Å²) in [6, 6.07) is 0.751. The average Bonchev–Trinajstić information content (AvgIpc) is 3.06. The molecular formula is C19H38N5O+. The van der Waals surface area contributed by atoms with Gasteiger partial charge in [0.2, 0.25) is 0 Å². The van der Waals surface area contributed by atoms with Crippen molar-refractivity contribution < 1.29 is 9.75 Å². The zero-order chi connectivity index (χ0) is 17.4. The van der Waals surface area contributed by atoms with Crippen LogP contribution in [0.1, 0.15) is 57.8 Å². The standard InChI is InChI=1S/C19H37N5O/c1-25-15-9-7-13(8-10-15)16-11-23(14-5-3-2-4-6-14)19-17(16)18(20)24(21)12-22-19/h13-19,22H,2-12,20-21H2,1H3/p+1. The minimum absolute atomic E-state index is 0.0602. The Morgan fingerprint density at radius 2 is 1.76 bits per heavy atom. The number of nitrogens with zero attached hydrogens (tertiary/aromatic N) is 1. The minimum atomic E-state index is 0.0602. The fourth-order valence-electron chi connectivity index (χ4n) is 6.24. The van der Waals surface area contributed by atoms with Gasteiger partial charge in [-0.15, -0.1) is 0 Å². The van der Waals surface area contributed by atoms with Gasteiger partial charge in [-0.2, -0.15) is 5.84 Å². The molecule has 144 valence electrons. The zero-order valence-corrected chi connectivity index (χ0v) is 15.8. The summed E-state index contributed by atoms with van der Waals surface area (Å²) in [6.45, 7) is 2.00. The maximum absolute atomic E-state index is 6.65. The lowest BCUT2D eigenvalue weighted by atomic mass is 9.73. The van der Waals surface area contributed by atoms with Gasteiger partial charge in [-0.1, -0.05) is 19.3 Å². The molecule has 4 aliphatic rings. The molecule has 4 fully saturated rings. The van der Waals surface area contributed by atoms with Crippen molar-refractivity contribution in [3.8, 4) is 0 Å². The molecule has 4 rings (SSSR count). The highest BCUT2D eigenvalue weighted by Gasteiger charge is 2.54. The summed E-state index contributed by atoms with van der Waals surface area (Å²) in [5, 5.41) is 4.72. The van der Waals surface area contributed by atoms with Crippen LogP contribution in [0.5, 0.6) is 0 Å². The lowest BCUT2D eigenvalue weighted by Gasteiger charge is -2.43. The smallest absolute Gasteiger partial charge is 0.163 e. The molecule has 6 nitrogen and oxygen atoms in total. The Labute approximate surface area is 152 Å². The number of likely N-dealkylation sites (tertiary alicyclic amines) is 1. The number of fused-ring (bicyclic) bond motifs is 1. The third kappa shape index (κ3) is 3.49. The van der Waals surface area contributed by atoms with E-state index in [2.05, 4.69) is 10.2 Å². The van der Waals surface area contributed by atoms with E-state index in [9.17, 15) is 0 Å². The van der Waals surface area contributed by atoms with Crippen molar-refractivity contribution >= 4 is 0 Å². The molecule has 0 amide bonds. The van der Waals surface area contributed by atoms with Crippen molar-refractivity contribution in [3.05, 3.63) is 0 Å². The maximum Gasteiger partial charge on any atom is 0.163 e. The number of ether oxygens (including phenoxy) is 1. The molecule has 0 spiro atoms. The molecule has 0 aromatic carbocycles. The van der Waals surface area contributed by atoms with Crippen molar-refractivity contribution in [2.24, 2.45) is 29.3 Å². The summed E-state index contributed by atoms with van der Waals surface area (Å²) in [5.74, 6) is 8.24. The first-order valence-corrected chi connectivity index (χ1v) is 10.6. The van der Waals surface area contributed by atoms with Gasteiger partial charge in [0.25, 0.3) is 0 Å². The molecule has 6 heteroatoms. The topological polar surface area (TPSA) is 81.0 Å². The molecule has 0 bridgehead atoms. The van der Waals surface area contributed by atoms with Crippen LogP contribution in [0.3, 0.4) is 0 Å². The second-order valence-corrected chi connectivity index (χ2v) is 8.93. The summed E-state index contributed by atoms with van der Waals surface area (Å²) >= 11 is 0. The van der Waals surface area contributed by atoms with E-state index in [1.54, 1.807) is 0 Å². The molecule has 0 radical (unpaired) electrons. The lowest BCUT2D eigenvalue weighted by Crippen LogP contribution is -3.26. The van der Waals surface area contributed by atoms with E-state index in [1.165, 1.54) is 64.3 Å². The van der Waals surface area contributed by atoms with Gasteiger partial charge < -0.3 is 4.74 Å². The quantitative estimate of drug-likeness (QED) is 0.538. The van der Waals surface area contributed by atoms with Crippen LogP contribution in [-0.2, 0) is 4.74 Å². The minimum Gasteiger partial charge on any atom is -0.381 e. The normalized spacial score (nSPS) is 46.9. The van der Waals surface area contributed by atoms with Gasteiger partial charge in [-0.25, -0.2) is 5.01 Å². The van der Waals surface area contributed by atoms with Crippen molar-refractivity contribution in [1.29, 1.82) is 0 Å². The number of nitrogens with one attached hydrogen (secondary N) is 2. The molecule has 2 saturated heterocycles. The van der Waals surface area contributed by atoms with Crippen LogP contribution in [0.2, 0.25) is 0 Å². The Morgan fingerprint density at radius 1 is 1.04 bits per heavy atom. The van der Waals surface area contributed by atoms with Crippen LogP contribution in [0.25, 0.3) is 0 Å². The van der Waals surface area contributed by atoms with Gasteiger partial charge >= 0.3 is 0 Å². The Balaban J connectivity index is 1.51. The van der Waals surface area contributed by atoms with Crippen LogP contribution >= 0.6 is 0 Å². The predicted octanol–water partition coefficient (Wildman–Crippen LogP) is 0.00250. The number of hydrogen-bond donors (Lipinski definition) is 4. The highest BCUT2D eigenvalue weighted by atomic mass is 16.5. The van der Waals surface area contributed by atoms with Crippen LogP contribution < -0.4 is 21.9 Å². The highest BCUT2D eigenvalue weighted by Crippen LogP contribution is 2.43. The fraction of sp³-hybridized carbons (Fsp3) is 1.00. The van der Waals surface area contributed by atoms with Crippen LogP contribution in [0.15, 0.2) is 0 Å². The largest absolute Gasteiger partial charge is 0.381 e. The van der Waals surface area contributed by atoms with Gasteiger partial charge in [0.05, 0.1) is 18.2 Å². The van der Waals surface area contributed by atoms with E-state index < -0.39 is 0 Å². The highest BCUT2D eigenvalue weighted by molar-refractivity contribution is 5.00. The van der Waals surface area contributed by atoms with E-state index in [-0.39, 0.29) is 6.17 Å². The predicted molar refractivity (Wildman–Crippen MR) is 98.2 cm³/mol. The molecular weight excluding hydrogens is 314 g/mol. The van der Waals surface area contributed by atoms with E-state index in [1.807, 2.05) is 7.11 Å². The summed E-state index contributed by atoms with van der Waals surface area (Å²) in [7, 11) is 1.86. The van der Waals surface area contributed by atoms with E-state index in [0.717, 1.165) is 23.6 Å². The maximum atomic E-state index is 6.65. The van der Waals surface area contributed by atoms with Gasteiger partial charge in [0, 0.05) is 19.7 Å². The second kappa shape index (κ2) is 7.79. The first-order chi connectivity index (χ1) is 12.2. The first-order valence-electron chi connectivity index (χ1n) is 10.6. The molecule has 5 atom stereocenters. The summed E-state index contributed by atoms with van der Waals surface area (Å²) in [5.41, 5.74) is 6.65. The van der Waals surface area contributed by atoms with Crippen LogP contribution in [0.4, 0.5) is 0 Å². The Morgan fingerprint density at radius 3 is 2.44 bits per heavy atom. The molecule has 0 aromatic heterocycles. The van der Waals surface area contributed by atoms with E-state index in [4.69, 9.17) is 16.3 Å². The van der Waals surface area contributed by atoms with Crippen molar-refractivity contribution in [1.82, 2.24) is 10.2 Å². The number of rotatable bonds is 3. The summed E-state index contributed by atoms with van der Waals surface area (Å²) < 4.78 is 5.59. The van der Waals surface area contributed by atoms with Gasteiger partial charge in [0.1, 0.15) is 0 Å². The molecule has 25 heavy (non-hydrogen) atoms. The first kappa shape index (κ1) is 18.1. The van der Waals surface area contributed by atoms with Crippen molar-refractivity contribution in [2.75, 3.05) is 20.3 Å². The number of hydrogen-bond acceptors (Lipinski definition) is 5. The SMILES string of the molecule is COC1CCC(C2CN(C3CCCCC3)C3NC[NH+](N)C(N)C23)CC1. The van der Waals surface area contributed by atoms with Crippen molar-refractivity contribution in [3.63, 3.8) is 0 Å². The molecule has 5 unspecified atom stereocenters.